The van der Waals surface area contributed by atoms with Crippen LogP contribution in [0.4, 0.5) is 34.1 Å². The second kappa shape index (κ2) is 18.9. The molecular weight excluding hydrogens is 1060 g/mol. The molecule has 0 saturated heterocycles. The fraction of sp³-hybridized carbons (Fsp3) is 0.382. The largest absolute Gasteiger partial charge is 0.871 e. The fourth-order valence-corrected chi connectivity index (χ4v) is 13.8. The van der Waals surface area contributed by atoms with Crippen LogP contribution >= 0.6 is 0 Å². The highest BCUT2D eigenvalue weighted by Gasteiger charge is 2.47. The van der Waals surface area contributed by atoms with E-state index >= 15 is 0 Å². The molecule has 5 aromatic rings. The number of likely N-dealkylation sites (N-methyl/N-ethyl adjacent to an activating group) is 4. The number of nitrogens with zero attached hydrogens (tertiary/aromatic N) is 4. The Labute approximate surface area is 489 Å². The van der Waals surface area contributed by atoms with E-state index in [9.17, 15) is 39.0 Å². The minimum Gasteiger partial charge on any atom is -0.871 e. The first-order chi connectivity index (χ1) is 39.1. The third-order valence-electron chi connectivity index (χ3n) is 20.8. The number of hydrogen-bond donors (Lipinski definition) is 4. The van der Waals surface area contributed by atoms with E-state index in [1.165, 1.54) is 38.1 Å². The zero-order valence-electron chi connectivity index (χ0n) is 51.3. The number of Topliss-reactive ketones (excluding diaryl/α,β-unsaturated/α-hetero) is 2. The van der Waals surface area contributed by atoms with Gasteiger partial charge in [0.05, 0.1) is 33.6 Å². The van der Waals surface area contributed by atoms with Gasteiger partial charge in [0.25, 0.3) is 11.8 Å². The lowest BCUT2D eigenvalue weighted by molar-refractivity contribution is -0.293. The second-order valence-electron chi connectivity index (χ2n) is 26.4. The number of carbonyl (C=O) groups excluding carboxylic acids is 6. The van der Waals surface area contributed by atoms with Gasteiger partial charge in [0.1, 0.15) is 14.1 Å². The summed E-state index contributed by atoms with van der Waals surface area (Å²) < 4.78 is 4.23. The van der Waals surface area contributed by atoms with Crippen molar-refractivity contribution in [3.8, 4) is 0 Å². The lowest BCUT2D eigenvalue weighted by atomic mass is 9.76. The Bertz CT molecular complexity index is 4270. The van der Waals surface area contributed by atoms with Crippen molar-refractivity contribution in [3.05, 3.63) is 150 Å². The van der Waals surface area contributed by atoms with Crippen molar-refractivity contribution >= 4 is 91.6 Å². The van der Waals surface area contributed by atoms with Crippen LogP contribution in [0, 0.1) is 0 Å². The molecule has 0 radical (unpaired) electrons. The van der Waals surface area contributed by atoms with Crippen LogP contribution in [0.25, 0.3) is 22.3 Å². The van der Waals surface area contributed by atoms with Gasteiger partial charge in [-0.2, -0.15) is 0 Å². The molecule has 0 fully saturated rings. The van der Waals surface area contributed by atoms with E-state index in [1.54, 1.807) is 12.1 Å². The van der Waals surface area contributed by atoms with Crippen molar-refractivity contribution in [2.45, 2.75) is 143 Å². The Morgan fingerprint density at radius 3 is 1.15 bits per heavy atom. The molecule has 0 aromatic heterocycles. The number of benzene rings is 5. The number of ketones is 2. The molecule has 2 aliphatic carbocycles. The molecule has 434 valence electrons. The zero-order chi connectivity index (χ0) is 61.3. The number of amides is 4. The fourth-order valence-electron chi connectivity index (χ4n) is 13.8. The predicted octanol–water partition coefficient (Wildman–Crippen LogP) is 4.95. The van der Waals surface area contributed by atoms with Crippen LogP contribution < -0.4 is 71.6 Å². The monoisotopic (exact) mass is 1130 g/mol. The minimum atomic E-state index is -0.562. The van der Waals surface area contributed by atoms with E-state index in [-0.39, 0.29) is 102 Å². The van der Waals surface area contributed by atoms with Gasteiger partial charge in [-0.25, -0.2) is 9.15 Å². The summed E-state index contributed by atoms with van der Waals surface area (Å²) in [5.74, 6) is -3.85. The summed E-state index contributed by atoms with van der Waals surface area (Å²) in [7, 11) is 7.89. The van der Waals surface area contributed by atoms with Gasteiger partial charge < -0.3 is 41.3 Å². The van der Waals surface area contributed by atoms with Gasteiger partial charge in [-0.1, -0.05) is 39.2 Å². The number of rotatable bonds is 8. The number of anilines is 6. The normalized spacial score (nSPS) is 23.2. The molecular formula is C68H74N8O8. The van der Waals surface area contributed by atoms with Crippen LogP contribution in [0.5, 0.6) is 0 Å². The number of allylic oxidation sites excluding steroid dienone is 4. The molecule has 4 amide bonds. The molecule has 0 spiro atoms. The Kier molecular flexibility index (Phi) is 12.9. The van der Waals surface area contributed by atoms with Crippen molar-refractivity contribution in [1.82, 2.24) is 9.15 Å². The first-order valence-corrected chi connectivity index (χ1v) is 28.8. The first-order valence-electron chi connectivity index (χ1n) is 28.8. The molecule has 16 heteroatoms. The Morgan fingerprint density at radius 2 is 0.798 bits per heavy atom. The van der Waals surface area contributed by atoms with Gasteiger partial charge >= 0.3 is 0 Å². The van der Waals surface area contributed by atoms with Crippen molar-refractivity contribution in [2.75, 3.05) is 59.3 Å². The zero-order valence-corrected chi connectivity index (χ0v) is 51.3. The number of hydrogen-bond acceptors (Lipinski definition) is 10. The lowest BCUT2D eigenvalue weighted by Gasteiger charge is -2.33. The second-order valence-corrected chi connectivity index (χ2v) is 26.4. The van der Waals surface area contributed by atoms with Gasteiger partial charge in [0.2, 0.25) is 22.5 Å². The maximum absolute atomic E-state index is 14.7. The predicted molar refractivity (Wildman–Crippen MR) is 327 cm³/mol. The summed E-state index contributed by atoms with van der Waals surface area (Å²) in [5.41, 5.74) is 5.86. The maximum atomic E-state index is 14.7. The summed E-state index contributed by atoms with van der Waals surface area (Å²) in [4.78, 5) is 87.8. The molecule has 84 heavy (non-hydrogen) atoms. The summed E-state index contributed by atoms with van der Waals surface area (Å²) in [6, 6.07) is 20.9. The molecule has 5 aromatic carbocycles. The van der Waals surface area contributed by atoms with E-state index in [4.69, 9.17) is 0 Å². The third-order valence-corrected chi connectivity index (χ3v) is 20.8. The Balaban J connectivity index is 0.952. The van der Waals surface area contributed by atoms with Crippen LogP contribution in [-0.4, -0.2) is 87.6 Å². The lowest BCUT2D eigenvalue weighted by Crippen LogP contribution is -2.37. The Morgan fingerprint density at radius 1 is 0.464 bits per heavy atom. The van der Waals surface area contributed by atoms with Crippen molar-refractivity contribution < 1.29 is 39.0 Å². The van der Waals surface area contributed by atoms with Gasteiger partial charge in [0.15, 0.2) is 23.7 Å². The van der Waals surface area contributed by atoms with Crippen molar-refractivity contribution in [3.63, 3.8) is 0 Å². The summed E-state index contributed by atoms with van der Waals surface area (Å²) in [6.45, 7) is 28.0. The molecule has 0 bridgehead atoms. The number of nitrogens with one attached hydrogen (secondary N) is 4. The van der Waals surface area contributed by atoms with Crippen LogP contribution in [0.15, 0.2) is 84.3 Å². The molecule has 6 aliphatic rings. The average Bonchev–Trinajstić information content (AvgIpc) is 1.22. The highest BCUT2D eigenvalue weighted by atomic mass is 16.3. The van der Waals surface area contributed by atoms with E-state index < -0.39 is 45.7 Å². The molecule has 4 heterocycles. The molecule has 4 atom stereocenters. The van der Waals surface area contributed by atoms with Crippen LogP contribution in [-0.2, 0) is 40.8 Å². The summed E-state index contributed by atoms with van der Waals surface area (Å²) in [5, 5.41) is 43.5. The average molecular weight is 1130 g/mol. The SMILES string of the molecule is CC(=O)Nc1cc2c(cc1C1=C([O-])/C(=c3/cc4c(cc3NC(=O)c3ccc(C(=O)Nc5cc6c(cc5C5=C([O-])/C(=c7/cc8c(cc7NC(C)=O)=[N+](C)C(C)C8(C)C)C5=O)C(C)(C)C(C)N6C)cc3)=[N+](C)C(C)C4(C)C)C1=O)C(C)(C)C(C)N2C. The summed E-state index contributed by atoms with van der Waals surface area (Å²) >= 11 is 0. The first kappa shape index (κ1) is 57.2. The molecule has 0 saturated carbocycles. The third kappa shape index (κ3) is 8.12. The van der Waals surface area contributed by atoms with Gasteiger partial charge in [-0.05, 0) is 127 Å². The smallest absolute Gasteiger partial charge is 0.255 e. The van der Waals surface area contributed by atoms with Crippen LogP contribution in [0.3, 0.4) is 0 Å². The maximum Gasteiger partial charge on any atom is 0.255 e. The number of fused-ring (bicyclic) bond motifs is 4. The van der Waals surface area contributed by atoms with E-state index in [1.807, 2.05) is 64.6 Å². The molecule has 4 N–H and O–H groups in total. The molecule has 4 unspecified atom stereocenters. The van der Waals surface area contributed by atoms with Crippen molar-refractivity contribution in [1.29, 1.82) is 0 Å². The van der Waals surface area contributed by atoms with Crippen LogP contribution in [0.2, 0.25) is 0 Å². The molecule has 11 rings (SSSR count). The number of carbonyl (C=O) groups is 6. The van der Waals surface area contributed by atoms with Gasteiger partial charge in [0, 0.05) is 140 Å². The van der Waals surface area contributed by atoms with Gasteiger partial charge in [-0.3, -0.25) is 28.8 Å². The highest BCUT2D eigenvalue weighted by Crippen LogP contribution is 2.51. The Hall–Kier alpha value is -8.66. The minimum absolute atomic E-state index is 0.0209. The highest BCUT2D eigenvalue weighted by molar-refractivity contribution is 6.53. The standard InChI is InChI=1S/C68H74N8O8/c1-31-65(7,8)43-23-39(47(69-35(5)77)27-51(43)73(31)15)55-59(79)57(60(55)80)41-25-45-53(75(17)33(3)67(45,11)12)29-49(41)71-63(83)37-19-21-38(22-20-37)64(84)72-50-30-54-46(68(13,14)34(4)76(54)18)26-42(50)58-61(81)56(62(58)82)40-24-44-52(28-48(40)70-36(6)78)74(16)32(2)66(44,9)10/h19-34H,1-18H3,(H4,69,70,71,72,77,78,79,80,81,82,83,84). The van der Waals surface area contributed by atoms with Gasteiger partial charge in [-0.15, -0.1) is 0 Å². The van der Waals surface area contributed by atoms with E-state index in [2.05, 4.69) is 123 Å². The van der Waals surface area contributed by atoms with E-state index in [0.717, 1.165) is 44.3 Å². The molecule has 16 nitrogen and oxygen atoms in total. The van der Waals surface area contributed by atoms with Crippen LogP contribution in [0.1, 0.15) is 151 Å². The molecule has 4 aliphatic heterocycles. The topological polar surface area (TPSA) is 209 Å². The summed E-state index contributed by atoms with van der Waals surface area (Å²) in [6.07, 6.45) is 0. The van der Waals surface area contributed by atoms with E-state index in [0.29, 0.717) is 22.2 Å². The van der Waals surface area contributed by atoms with Crippen molar-refractivity contribution in [2.24, 2.45) is 0 Å². The quantitative estimate of drug-likeness (QED) is 0.154.